The van der Waals surface area contributed by atoms with Crippen molar-refractivity contribution in [1.82, 2.24) is 10.6 Å². The zero-order valence-electron chi connectivity index (χ0n) is 10.8. The number of carbonyl (C=O) groups excluding carboxylic acids is 1. The van der Waals surface area contributed by atoms with Crippen LogP contribution >= 0.6 is 11.6 Å². The summed E-state index contributed by atoms with van der Waals surface area (Å²) in [6.07, 6.45) is 1.77. The topological polar surface area (TPSA) is 90.5 Å². The molecule has 108 valence electrons. The molecule has 0 unspecified atom stereocenters. The highest BCUT2D eigenvalue weighted by Crippen LogP contribution is 2.20. The van der Waals surface area contributed by atoms with Gasteiger partial charge in [0.05, 0.1) is 10.6 Å². The number of aromatic carboxylic acids is 1. The van der Waals surface area contributed by atoms with E-state index in [2.05, 4.69) is 16.0 Å². The molecule has 0 spiro atoms. The normalized spacial score (nSPS) is 15.7. The van der Waals surface area contributed by atoms with Crippen LogP contribution in [0.2, 0.25) is 5.02 Å². The zero-order chi connectivity index (χ0) is 14.5. The quantitative estimate of drug-likeness (QED) is 0.686. The number of urea groups is 1. The number of carbonyl (C=O) groups is 2. The highest BCUT2D eigenvalue weighted by atomic mass is 35.5. The molecule has 0 bridgehead atoms. The predicted octanol–water partition coefficient (Wildman–Crippen LogP) is 1.91. The number of carboxylic acids is 1. The highest BCUT2D eigenvalue weighted by molar-refractivity contribution is 6.33. The van der Waals surface area contributed by atoms with Gasteiger partial charge in [0.15, 0.2) is 0 Å². The van der Waals surface area contributed by atoms with Crippen LogP contribution in [0.15, 0.2) is 18.2 Å². The molecule has 1 aliphatic rings. The molecule has 1 saturated heterocycles. The second-order valence-corrected chi connectivity index (χ2v) is 5.03. The van der Waals surface area contributed by atoms with Gasteiger partial charge in [-0.2, -0.15) is 0 Å². The summed E-state index contributed by atoms with van der Waals surface area (Å²) in [6, 6.07) is 4.16. The average Bonchev–Trinajstić information content (AvgIpc) is 2.41. The number of hydrogen-bond acceptors (Lipinski definition) is 3. The first-order chi connectivity index (χ1) is 9.56. The Morgan fingerprint density at radius 1 is 1.30 bits per heavy atom. The third-order valence-electron chi connectivity index (χ3n) is 3.13. The van der Waals surface area contributed by atoms with Crippen molar-refractivity contribution in [2.75, 3.05) is 18.4 Å². The maximum atomic E-state index is 11.8. The minimum Gasteiger partial charge on any atom is -0.478 e. The molecule has 0 aromatic heterocycles. The summed E-state index contributed by atoms with van der Waals surface area (Å²) in [5.41, 5.74) is 0.365. The number of anilines is 1. The Hall–Kier alpha value is -1.79. The van der Waals surface area contributed by atoms with E-state index in [4.69, 9.17) is 16.7 Å². The van der Waals surface area contributed by atoms with Gasteiger partial charge in [-0.3, -0.25) is 0 Å². The van der Waals surface area contributed by atoms with Crippen LogP contribution in [0.1, 0.15) is 23.2 Å². The standard InChI is InChI=1S/C13H16ClN3O3/c14-11-2-1-9(7-10(11)12(18)19)17-13(20)16-8-3-5-15-6-4-8/h1-2,7-8,15H,3-6H2,(H,18,19)(H2,16,17,20). The number of benzene rings is 1. The van der Waals surface area contributed by atoms with Gasteiger partial charge >= 0.3 is 12.0 Å². The summed E-state index contributed by atoms with van der Waals surface area (Å²) in [5.74, 6) is -1.13. The van der Waals surface area contributed by atoms with Crippen LogP contribution in [0.25, 0.3) is 0 Å². The molecule has 1 aromatic rings. The Labute approximate surface area is 121 Å². The molecule has 4 N–H and O–H groups in total. The van der Waals surface area contributed by atoms with Gasteiger partial charge in [0.25, 0.3) is 0 Å². The van der Waals surface area contributed by atoms with Crippen LogP contribution in [0, 0.1) is 0 Å². The molecule has 1 aliphatic heterocycles. The number of hydrogen-bond donors (Lipinski definition) is 4. The second kappa shape index (κ2) is 6.58. The number of piperidine rings is 1. The van der Waals surface area contributed by atoms with E-state index in [9.17, 15) is 9.59 Å². The molecule has 0 atom stereocenters. The Balaban J connectivity index is 1.96. The van der Waals surface area contributed by atoms with E-state index < -0.39 is 5.97 Å². The summed E-state index contributed by atoms with van der Waals surface area (Å²) in [5, 5.41) is 17.8. The molecule has 0 saturated carbocycles. The van der Waals surface area contributed by atoms with E-state index in [1.165, 1.54) is 12.1 Å². The van der Waals surface area contributed by atoms with Crippen molar-refractivity contribution >= 4 is 29.3 Å². The van der Waals surface area contributed by atoms with E-state index in [1.54, 1.807) is 6.07 Å². The van der Waals surface area contributed by atoms with Gasteiger partial charge in [-0.15, -0.1) is 0 Å². The summed E-state index contributed by atoms with van der Waals surface area (Å²) in [4.78, 5) is 22.8. The van der Waals surface area contributed by atoms with E-state index in [1.807, 2.05) is 0 Å². The fourth-order valence-corrected chi connectivity index (χ4v) is 2.28. The number of rotatable bonds is 3. The van der Waals surface area contributed by atoms with Crippen LogP contribution in [0.4, 0.5) is 10.5 Å². The van der Waals surface area contributed by atoms with Gasteiger partial charge < -0.3 is 21.1 Å². The Morgan fingerprint density at radius 3 is 2.65 bits per heavy atom. The van der Waals surface area contributed by atoms with E-state index >= 15 is 0 Å². The van der Waals surface area contributed by atoms with Crippen molar-refractivity contribution in [3.63, 3.8) is 0 Å². The average molecular weight is 298 g/mol. The number of carboxylic acid groups (broad SMARTS) is 1. The second-order valence-electron chi connectivity index (χ2n) is 4.62. The third kappa shape index (κ3) is 3.85. The zero-order valence-corrected chi connectivity index (χ0v) is 11.5. The van der Waals surface area contributed by atoms with Crippen LogP contribution in [-0.2, 0) is 0 Å². The molecule has 7 heteroatoms. The molecule has 2 amide bonds. The summed E-state index contributed by atoms with van der Waals surface area (Å²) >= 11 is 5.77. The minimum atomic E-state index is -1.13. The monoisotopic (exact) mass is 297 g/mol. The van der Waals surface area contributed by atoms with Crippen molar-refractivity contribution in [3.8, 4) is 0 Å². The Bertz CT molecular complexity index is 516. The molecule has 1 heterocycles. The van der Waals surface area contributed by atoms with Gasteiger partial charge in [0.1, 0.15) is 0 Å². The summed E-state index contributed by atoms with van der Waals surface area (Å²) in [7, 11) is 0. The number of amides is 2. The van der Waals surface area contributed by atoms with Gasteiger partial charge in [0.2, 0.25) is 0 Å². The van der Waals surface area contributed by atoms with E-state index in [-0.39, 0.29) is 22.7 Å². The van der Waals surface area contributed by atoms with Crippen molar-refractivity contribution < 1.29 is 14.7 Å². The van der Waals surface area contributed by atoms with Crippen LogP contribution < -0.4 is 16.0 Å². The van der Waals surface area contributed by atoms with Gasteiger partial charge in [-0.25, -0.2) is 9.59 Å². The molecule has 1 aromatic carbocycles. The molecule has 6 nitrogen and oxygen atoms in total. The first-order valence-corrected chi connectivity index (χ1v) is 6.75. The SMILES string of the molecule is O=C(Nc1ccc(Cl)c(C(=O)O)c1)NC1CCNCC1. The molecule has 20 heavy (non-hydrogen) atoms. The summed E-state index contributed by atoms with van der Waals surface area (Å²) in [6.45, 7) is 1.77. The van der Waals surface area contributed by atoms with Crippen molar-refractivity contribution in [2.45, 2.75) is 18.9 Å². The fourth-order valence-electron chi connectivity index (χ4n) is 2.09. The first kappa shape index (κ1) is 14.6. The van der Waals surface area contributed by atoms with Gasteiger partial charge in [0, 0.05) is 11.7 Å². The number of halogens is 1. The van der Waals surface area contributed by atoms with Gasteiger partial charge in [-0.05, 0) is 44.1 Å². The lowest BCUT2D eigenvalue weighted by Crippen LogP contribution is -2.44. The lowest BCUT2D eigenvalue weighted by molar-refractivity contribution is 0.0697. The van der Waals surface area contributed by atoms with E-state index in [0.29, 0.717) is 5.69 Å². The third-order valence-corrected chi connectivity index (χ3v) is 3.46. The Morgan fingerprint density at radius 2 is 2.00 bits per heavy atom. The minimum absolute atomic E-state index is 0.0358. The molecule has 0 radical (unpaired) electrons. The molecular weight excluding hydrogens is 282 g/mol. The maximum Gasteiger partial charge on any atom is 0.337 e. The maximum absolute atomic E-state index is 11.8. The van der Waals surface area contributed by atoms with Crippen molar-refractivity contribution in [1.29, 1.82) is 0 Å². The molecule has 0 aliphatic carbocycles. The first-order valence-electron chi connectivity index (χ1n) is 6.37. The predicted molar refractivity (Wildman–Crippen MR) is 76.5 cm³/mol. The summed E-state index contributed by atoms with van der Waals surface area (Å²) < 4.78 is 0. The lowest BCUT2D eigenvalue weighted by atomic mass is 10.1. The molecule has 1 fully saturated rings. The lowest BCUT2D eigenvalue weighted by Gasteiger charge is -2.23. The fraction of sp³-hybridized carbons (Fsp3) is 0.385. The Kier molecular flexibility index (Phi) is 4.81. The highest BCUT2D eigenvalue weighted by Gasteiger charge is 2.16. The number of nitrogens with one attached hydrogen (secondary N) is 3. The van der Waals surface area contributed by atoms with Crippen molar-refractivity contribution in [3.05, 3.63) is 28.8 Å². The molecular formula is C13H16ClN3O3. The van der Waals surface area contributed by atoms with Gasteiger partial charge in [-0.1, -0.05) is 11.6 Å². The molecule has 2 rings (SSSR count). The van der Waals surface area contributed by atoms with E-state index in [0.717, 1.165) is 25.9 Å². The van der Waals surface area contributed by atoms with Crippen molar-refractivity contribution in [2.24, 2.45) is 0 Å². The smallest absolute Gasteiger partial charge is 0.337 e. The van der Waals surface area contributed by atoms with Crippen LogP contribution in [0.5, 0.6) is 0 Å². The van der Waals surface area contributed by atoms with Crippen LogP contribution in [-0.4, -0.2) is 36.2 Å². The largest absolute Gasteiger partial charge is 0.478 e. The van der Waals surface area contributed by atoms with Crippen LogP contribution in [0.3, 0.4) is 0 Å².